The highest BCUT2D eigenvalue weighted by Gasteiger charge is 2.17. The molecule has 96 valence electrons. The van der Waals surface area contributed by atoms with Gasteiger partial charge in [-0.3, -0.25) is 0 Å². The number of hydrogen-bond acceptors (Lipinski definition) is 4. The molecule has 2 rings (SSSR count). The summed E-state index contributed by atoms with van der Waals surface area (Å²) < 4.78 is 3.99. The zero-order valence-corrected chi connectivity index (χ0v) is 12.3. The van der Waals surface area contributed by atoms with Crippen molar-refractivity contribution in [2.24, 2.45) is 0 Å². The summed E-state index contributed by atoms with van der Waals surface area (Å²) in [5, 5.41) is 8.19. The molecule has 0 fully saturated rings. The molecule has 0 radical (unpaired) electrons. The SMILES string of the molecule is CNC(Cc1ccc(C)cc1Cl)c1snnc1C. The number of benzene rings is 1. The lowest BCUT2D eigenvalue weighted by Crippen LogP contribution is -2.18. The summed E-state index contributed by atoms with van der Waals surface area (Å²) in [7, 11) is 1.95. The quantitative estimate of drug-likeness (QED) is 0.934. The van der Waals surface area contributed by atoms with Crippen molar-refractivity contribution in [2.45, 2.75) is 26.3 Å². The average molecular weight is 282 g/mol. The number of likely N-dealkylation sites (N-methyl/N-ethyl adjacent to an activating group) is 1. The third-order valence-electron chi connectivity index (χ3n) is 2.98. The first-order valence-electron chi connectivity index (χ1n) is 5.83. The normalized spacial score (nSPS) is 12.7. The van der Waals surface area contributed by atoms with Crippen molar-refractivity contribution in [3.63, 3.8) is 0 Å². The highest BCUT2D eigenvalue weighted by molar-refractivity contribution is 7.05. The predicted octanol–water partition coefficient (Wildman–Crippen LogP) is 3.31. The van der Waals surface area contributed by atoms with Gasteiger partial charge in [0.25, 0.3) is 0 Å². The molecular weight excluding hydrogens is 266 g/mol. The van der Waals surface area contributed by atoms with Crippen LogP contribution >= 0.6 is 23.1 Å². The van der Waals surface area contributed by atoms with Crippen molar-refractivity contribution < 1.29 is 0 Å². The van der Waals surface area contributed by atoms with Crippen LogP contribution in [0.15, 0.2) is 18.2 Å². The summed E-state index contributed by atoms with van der Waals surface area (Å²) in [6.07, 6.45) is 0.848. The Morgan fingerprint density at radius 3 is 2.72 bits per heavy atom. The minimum atomic E-state index is 0.213. The molecule has 3 nitrogen and oxygen atoms in total. The van der Waals surface area contributed by atoms with Gasteiger partial charge in [0, 0.05) is 11.1 Å². The van der Waals surface area contributed by atoms with Crippen molar-refractivity contribution in [1.82, 2.24) is 14.9 Å². The minimum Gasteiger partial charge on any atom is -0.312 e. The van der Waals surface area contributed by atoms with Gasteiger partial charge < -0.3 is 5.32 Å². The van der Waals surface area contributed by atoms with E-state index in [-0.39, 0.29) is 6.04 Å². The second-order valence-electron chi connectivity index (χ2n) is 4.36. The second-order valence-corrected chi connectivity index (χ2v) is 5.56. The van der Waals surface area contributed by atoms with E-state index < -0.39 is 0 Å². The van der Waals surface area contributed by atoms with E-state index >= 15 is 0 Å². The molecule has 0 saturated carbocycles. The fraction of sp³-hybridized carbons (Fsp3) is 0.385. The topological polar surface area (TPSA) is 37.8 Å². The molecule has 0 amide bonds. The number of aryl methyl sites for hydroxylation is 2. The number of halogens is 1. The van der Waals surface area contributed by atoms with Gasteiger partial charge in [-0.25, -0.2) is 0 Å². The number of rotatable bonds is 4. The van der Waals surface area contributed by atoms with Gasteiger partial charge in [-0.1, -0.05) is 28.2 Å². The summed E-state index contributed by atoms with van der Waals surface area (Å²) in [5.74, 6) is 0. The van der Waals surface area contributed by atoms with Gasteiger partial charge in [-0.15, -0.1) is 5.10 Å². The summed E-state index contributed by atoms with van der Waals surface area (Å²) in [5.41, 5.74) is 3.32. The first kappa shape index (κ1) is 13.5. The van der Waals surface area contributed by atoms with Crippen molar-refractivity contribution >= 4 is 23.1 Å². The number of nitrogens with one attached hydrogen (secondary N) is 1. The third kappa shape index (κ3) is 2.88. The Balaban J connectivity index is 2.23. The summed E-state index contributed by atoms with van der Waals surface area (Å²) >= 11 is 7.72. The van der Waals surface area contributed by atoms with E-state index in [1.54, 1.807) is 0 Å². The molecule has 2 aromatic rings. The van der Waals surface area contributed by atoms with E-state index in [9.17, 15) is 0 Å². The van der Waals surface area contributed by atoms with Crippen LogP contribution in [0.2, 0.25) is 5.02 Å². The first-order chi connectivity index (χ1) is 8.61. The van der Waals surface area contributed by atoms with E-state index in [2.05, 4.69) is 27.0 Å². The van der Waals surface area contributed by atoms with E-state index in [0.717, 1.165) is 22.7 Å². The van der Waals surface area contributed by atoms with E-state index in [4.69, 9.17) is 11.6 Å². The predicted molar refractivity (Wildman–Crippen MR) is 76.3 cm³/mol. The molecule has 0 aliphatic heterocycles. The Labute approximate surface area is 116 Å². The number of nitrogens with zero attached hydrogens (tertiary/aromatic N) is 2. The zero-order chi connectivity index (χ0) is 13.1. The highest BCUT2D eigenvalue weighted by atomic mass is 35.5. The zero-order valence-electron chi connectivity index (χ0n) is 10.7. The Morgan fingerprint density at radius 1 is 1.39 bits per heavy atom. The second kappa shape index (κ2) is 5.78. The molecule has 5 heteroatoms. The van der Waals surface area contributed by atoms with Crippen LogP contribution < -0.4 is 5.32 Å². The van der Waals surface area contributed by atoms with E-state index in [1.165, 1.54) is 22.0 Å². The lowest BCUT2D eigenvalue weighted by molar-refractivity contribution is 0.597. The molecule has 0 aliphatic carbocycles. The summed E-state index contributed by atoms with van der Waals surface area (Å²) in [4.78, 5) is 1.18. The van der Waals surface area contributed by atoms with E-state index in [0.29, 0.717) is 0 Å². The molecular formula is C13H16ClN3S. The van der Waals surface area contributed by atoms with Gasteiger partial charge in [-0.05, 0) is 56.0 Å². The minimum absolute atomic E-state index is 0.213. The molecule has 0 bridgehead atoms. The van der Waals surface area contributed by atoms with Crippen LogP contribution in [0.25, 0.3) is 0 Å². The largest absolute Gasteiger partial charge is 0.312 e. The highest BCUT2D eigenvalue weighted by Crippen LogP contribution is 2.27. The molecule has 1 heterocycles. The number of aromatic nitrogens is 2. The molecule has 0 aliphatic rings. The average Bonchev–Trinajstić information content (AvgIpc) is 2.75. The molecule has 1 aromatic carbocycles. The fourth-order valence-corrected chi connectivity index (χ4v) is 2.99. The van der Waals surface area contributed by atoms with Crippen LogP contribution in [-0.2, 0) is 6.42 Å². The monoisotopic (exact) mass is 281 g/mol. The smallest absolute Gasteiger partial charge is 0.0772 e. The first-order valence-corrected chi connectivity index (χ1v) is 6.98. The molecule has 1 atom stereocenters. The van der Waals surface area contributed by atoms with Gasteiger partial charge >= 0.3 is 0 Å². The maximum Gasteiger partial charge on any atom is 0.0772 e. The Bertz CT molecular complexity index is 539. The van der Waals surface area contributed by atoms with Crippen molar-refractivity contribution in [2.75, 3.05) is 7.05 Å². The summed E-state index contributed by atoms with van der Waals surface area (Å²) in [6.45, 7) is 4.03. The Kier molecular flexibility index (Phi) is 4.32. The summed E-state index contributed by atoms with van der Waals surface area (Å²) in [6, 6.07) is 6.39. The van der Waals surface area contributed by atoms with Gasteiger partial charge in [0.05, 0.1) is 10.6 Å². The van der Waals surface area contributed by atoms with Crippen LogP contribution in [0, 0.1) is 13.8 Å². The fourth-order valence-electron chi connectivity index (χ4n) is 1.92. The Morgan fingerprint density at radius 2 is 2.17 bits per heavy atom. The molecule has 1 aromatic heterocycles. The van der Waals surface area contributed by atoms with Crippen molar-refractivity contribution in [3.05, 3.63) is 44.9 Å². The van der Waals surface area contributed by atoms with Gasteiger partial charge in [-0.2, -0.15) is 0 Å². The Hall–Kier alpha value is -0.970. The standard InChI is InChI=1S/C13H16ClN3S/c1-8-4-5-10(11(14)6-8)7-12(15-3)13-9(2)16-17-18-13/h4-6,12,15H,7H2,1-3H3. The van der Waals surface area contributed by atoms with Crippen molar-refractivity contribution in [1.29, 1.82) is 0 Å². The maximum atomic E-state index is 6.28. The van der Waals surface area contributed by atoms with Gasteiger partial charge in [0.1, 0.15) is 0 Å². The lowest BCUT2D eigenvalue weighted by Gasteiger charge is -2.15. The van der Waals surface area contributed by atoms with Crippen molar-refractivity contribution in [3.8, 4) is 0 Å². The van der Waals surface area contributed by atoms with Crippen LogP contribution in [-0.4, -0.2) is 16.6 Å². The lowest BCUT2D eigenvalue weighted by atomic mass is 10.0. The van der Waals surface area contributed by atoms with Crippen LogP contribution in [0.4, 0.5) is 0 Å². The van der Waals surface area contributed by atoms with Crippen LogP contribution in [0.5, 0.6) is 0 Å². The molecule has 0 saturated heterocycles. The maximum absolute atomic E-state index is 6.28. The molecule has 18 heavy (non-hydrogen) atoms. The number of hydrogen-bond donors (Lipinski definition) is 1. The van der Waals surface area contributed by atoms with Crippen LogP contribution in [0.3, 0.4) is 0 Å². The third-order valence-corrected chi connectivity index (χ3v) is 4.28. The van der Waals surface area contributed by atoms with Gasteiger partial charge in [0.15, 0.2) is 0 Å². The van der Waals surface area contributed by atoms with E-state index in [1.807, 2.05) is 27.0 Å². The molecule has 1 N–H and O–H groups in total. The van der Waals surface area contributed by atoms with Gasteiger partial charge in [0.2, 0.25) is 0 Å². The molecule has 1 unspecified atom stereocenters. The molecule has 0 spiro atoms. The van der Waals surface area contributed by atoms with Crippen LogP contribution in [0.1, 0.15) is 27.7 Å².